The van der Waals surface area contributed by atoms with Crippen LogP contribution in [0.15, 0.2) is 24.3 Å². The molecule has 1 aromatic rings. The Hall–Kier alpha value is -2.31. The summed E-state index contributed by atoms with van der Waals surface area (Å²) in [4.78, 5) is 25.8. The number of alkyl halides is 3. The Balaban J connectivity index is 1.88. The van der Waals surface area contributed by atoms with Gasteiger partial charge >= 0.3 is 13.5 Å². The minimum atomic E-state index is -4.82. The van der Waals surface area contributed by atoms with Gasteiger partial charge in [-0.2, -0.15) is 0 Å². The Labute approximate surface area is 159 Å². The van der Waals surface area contributed by atoms with Gasteiger partial charge < -0.3 is 30.3 Å². The highest BCUT2D eigenvalue weighted by Crippen LogP contribution is 2.26. The summed E-state index contributed by atoms with van der Waals surface area (Å²) in [6, 6.07) is 4.88. The Bertz CT molecular complexity index is 690. The van der Waals surface area contributed by atoms with Crippen molar-refractivity contribution >= 4 is 18.9 Å². The third-order valence-corrected chi connectivity index (χ3v) is 4.12. The molecular weight excluding hydrogens is 382 g/mol. The average Bonchev–Trinajstić information content (AvgIpc) is 3.09. The number of carbonyl (C=O) groups is 2. The zero-order valence-corrected chi connectivity index (χ0v) is 14.9. The highest BCUT2D eigenvalue weighted by atomic mass is 19.4. The monoisotopic (exact) mass is 403 g/mol. The summed E-state index contributed by atoms with van der Waals surface area (Å²) < 4.78 is 41.3. The first-order chi connectivity index (χ1) is 13.2. The van der Waals surface area contributed by atoms with Crippen molar-refractivity contribution < 1.29 is 37.5 Å². The molecule has 1 aliphatic heterocycles. The SMILES string of the molecule is O=C(NCB(O)O)C1CCCN1C(=O)CNCc1ccccc1OC(F)(F)F. The minimum absolute atomic E-state index is 0.0284. The Morgan fingerprint density at radius 1 is 1.29 bits per heavy atom. The van der Waals surface area contributed by atoms with Gasteiger partial charge in [0.25, 0.3) is 0 Å². The predicted octanol–water partition coefficient (Wildman–Crippen LogP) is -0.206. The molecule has 1 fully saturated rings. The summed E-state index contributed by atoms with van der Waals surface area (Å²) in [5.74, 6) is -1.21. The maximum atomic E-state index is 12.4. The molecule has 1 saturated heterocycles. The van der Waals surface area contributed by atoms with Crippen molar-refractivity contribution in [1.82, 2.24) is 15.5 Å². The molecule has 0 radical (unpaired) electrons. The van der Waals surface area contributed by atoms with Crippen LogP contribution in [0.1, 0.15) is 18.4 Å². The largest absolute Gasteiger partial charge is 0.573 e. The third-order valence-electron chi connectivity index (χ3n) is 4.12. The van der Waals surface area contributed by atoms with Crippen LogP contribution >= 0.6 is 0 Å². The fourth-order valence-corrected chi connectivity index (χ4v) is 2.93. The second kappa shape index (κ2) is 9.76. The number of likely N-dealkylation sites (tertiary alicyclic amines) is 1. The lowest BCUT2D eigenvalue weighted by atomic mass is 9.92. The number of rotatable bonds is 8. The van der Waals surface area contributed by atoms with Crippen LogP contribution in [-0.4, -0.2) is 65.8 Å². The van der Waals surface area contributed by atoms with Gasteiger partial charge in [-0.1, -0.05) is 18.2 Å². The summed E-state index contributed by atoms with van der Waals surface area (Å²) >= 11 is 0. The van der Waals surface area contributed by atoms with Crippen LogP contribution in [0.2, 0.25) is 0 Å². The van der Waals surface area contributed by atoms with E-state index >= 15 is 0 Å². The molecule has 154 valence electrons. The van der Waals surface area contributed by atoms with Crippen molar-refractivity contribution in [2.75, 3.05) is 19.5 Å². The van der Waals surface area contributed by atoms with E-state index in [2.05, 4.69) is 15.4 Å². The van der Waals surface area contributed by atoms with Crippen LogP contribution < -0.4 is 15.4 Å². The van der Waals surface area contributed by atoms with Crippen molar-refractivity contribution in [2.24, 2.45) is 0 Å². The second-order valence-electron chi connectivity index (χ2n) is 6.23. The van der Waals surface area contributed by atoms with Crippen molar-refractivity contribution in [3.63, 3.8) is 0 Å². The fraction of sp³-hybridized carbons (Fsp3) is 0.500. The Morgan fingerprint density at radius 2 is 2.00 bits per heavy atom. The number of benzene rings is 1. The molecule has 0 spiro atoms. The normalized spacial score (nSPS) is 16.8. The summed E-state index contributed by atoms with van der Waals surface area (Å²) in [5.41, 5.74) is 0.236. The van der Waals surface area contributed by atoms with Gasteiger partial charge in [-0.15, -0.1) is 13.2 Å². The number of halogens is 3. The van der Waals surface area contributed by atoms with E-state index in [0.717, 1.165) is 0 Å². The molecule has 4 N–H and O–H groups in total. The van der Waals surface area contributed by atoms with Crippen molar-refractivity contribution in [2.45, 2.75) is 31.8 Å². The second-order valence-corrected chi connectivity index (χ2v) is 6.23. The predicted molar refractivity (Wildman–Crippen MR) is 92.8 cm³/mol. The van der Waals surface area contributed by atoms with Crippen molar-refractivity contribution in [3.05, 3.63) is 29.8 Å². The third kappa shape index (κ3) is 6.70. The molecule has 2 rings (SSSR count). The molecule has 0 bridgehead atoms. The quantitative estimate of drug-likeness (QED) is 0.448. The van der Waals surface area contributed by atoms with Crippen molar-refractivity contribution in [3.8, 4) is 5.75 Å². The molecule has 8 nitrogen and oxygen atoms in total. The average molecular weight is 403 g/mol. The highest BCUT2D eigenvalue weighted by Gasteiger charge is 2.34. The summed E-state index contributed by atoms with van der Waals surface area (Å²) in [6.07, 6.45) is -4.09. The van der Waals surface area contributed by atoms with Crippen LogP contribution in [-0.2, 0) is 16.1 Å². The standard InChI is InChI=1S/C16H21BF3N3O5/c18-16(19,20)28-13-6-2-1-4-11(13)8-21-9-14(24)23-7-3-5-12(23)15(25)22-10-17(26)27/h1-2,4,6,12,21,26-27H,3,5,7-10H2,(H,22,25). The Kier molecular flexibility index (Phi) is 7.66. The fourth-order valence-electron chi connectivity index (χ4n) is 2.93. The first-order valence-electron chi connectivity index (χ1n) is 8.65. The van der Waals surface area contributed by atoms with Gasteiger partial charge in [0.05, 0.1) is 13.0 Å². The molecule has 12 heteroatoms. The zero-order chi connectivity index (χ0) is 20.7. The number of hydrogen-bond acceptors (Lipinski definition) is 6. The summed E-state index contributed by atoms with van der Waals surface area (Å²) in [7, 11) is -1.69. The molecule has 1 aromatic carbocycles. The van der Waals surface area contributed by atoms with E-state index in [1.54, 1.807) is 6.07 Å². The molecule has 1 atom stereocenters. The summed E-state index contributed by atoms with van der Waals surface area (Å²) in [5, 5.41) is 22.7. The lowest BCUT2D eigenvalue weighted by Gasteiger charge is -2.24. The van der Waals surface area contributed by atoms with Gasteiger partial charge in [0.2, 0.25) is 11.8 Å². The first-order valence-corrected chi connectivity index (χ1v) is 8.65. The molecule has 0 aromatic heterocycles. The molecular formula is C16H21BF3N3O5. The first kappa shape index (κ1) is 22.0. The topological polar surface area (TPSA) is 111 Å². The maximum Gasteiger partial charge on any atom is 0.573 e. The number of para-hydroxylation sites is 1. The van der Waals surface area contributed by atoms with E-state index in [9.17, 15) is 22.8 Å². The molecule has 2 amide bonds. The number of carbonyl (C=O) groups excluding carboxylic acids is 2. The number of ether oxygens (including phenoxy) is 1. The van der Waals surface area contributed by atoms with Gasteiger partial charge in [-0.3, -0.25) is 9.59 Å². The zero-order valence-electron chi connectivity index (χ0n) is 14.9. The molecule has 1 aliphatic rings. The number of amides is 2. The van der Waals surface area contributed by atoms with Crippen LogP contribution in [0, 0.1) is 0 Å². The van der Waals surface area contributed by atoms with E-state index in [1.165, 1.54) is 23.1 Å². The number of hydrogen-bond donors (Lipinski definition) is 4. The highest BCUT2D eigenvalue weighted by molar-refractivity contribution is 6.41. The van der Waals surface area contributed by atoms with Gasteiger partial charge in [-0.25, -0.2) is 0 Å². The van der Waals surface area contributed by atoms with E-state index < -0.39 is 25.4 Å². The van der Waals surface area contributed by atoms with Gasteiger partial charge in [0.15, 0.2) is 0 Å². The van der Waals surface area contributed by atoms with Crippen LogP contribution in [0.25, 0.3) is 0 Å². The maximum absolute atomic E-state index is 12.4. The summed E-state index contributed by atoms with van der Waals surface area (Å²) in [6.45, 7) is 0.167. The number of nitrogens with one attached hydrogen (secondary N) is 2. The Morgan fingerprint density at radius 3 is 2.68 bits per heavy atom. The molecule has 0 aliphatic carbocycles. The number of nitrogens with zero attached hydrogens (tertiary/aromatic N) is 1. The molecule has 0 saturated carbocycles. The van der Waals surface area contributed by atoms with Gasteiger partial charge in [0.1, 0.15) is 11.8 Å². The lowest BCUT2D eigenvalue weighted by molar-refractivity contribution is -0.274. The smallest absolute Gasteiger partial charge is 0.426 e. The van der Waals surface area contributed by atoms with Crippen molar-refractivity contribution in [1.29, 1.82) is 0 Å². The van der Waals surface area contributed by atoms with E-state index in [1.807, 2.05) is 0 Å². The van der Waals surface area contributed by atoms with Crippen LogP contribution in [0.4, 0.5) is 13.2 Å². The van der Waals surface area contributed by atoms with Crippen LogP contribution in [0.3, 0.4) is 0 Å². The van der Waals surface area contributed by atoms with E-state index in [-0.39, 0.29) is 36.8 Å². The van der Waals surface area contributed by atoms with Crippen LogP contribution in [0.5, 0.6) is 5.75 Å². The lowest BCUT2D eigenvalue weighted by Crippen LogP contribution is -2.50. The van der Waals surface area contributed by atoms with E-state index in [0.29, 0.717) is 19.4 Å². The van der Waals surface area contributed by atoms with Gasteiger partial charge in [-0.05, 0) is 18.9 Å². The minimum Gasteiger partial charge on any atom is -0.426 e. The van der Waals surface area contributed by atoms with E-state index in [4.69, 9.17) is 10.0 Å². The van der Waals surface area contributed by atoms with Gasteiger partial charge in [0, 0.05) is 18.7 Å². The molecule has 28 heavy (non-hydrogen) atoms. The molecule has 1 heterocycles. The molecule has 1 unspecified atom stereocenters.